The molecular formula is C22H20Cl2F3N5O2. The number of benzene rings is 1. The smallest absolute Gasteiger partial charge is 0.351 e. The molecule has 34 heavy (non-hydrogen) atoms. The molecule has 0 saturated heterocycles. The molecule has 0 aliphatic carbocycles. The number of aromatic nitrogens is 2. The normalized spacial score (nSPS) is 11.4. The number of amides is 1. The van der Waals surface area contributed by atoms with E-state index in [-0.39, 0.29) is 28.4 Å². The second-order valence-electron chi connectivity index (χ2n) is 7.28. The Hall–Kier alpha value is -3.08. The van der Waals surface area contributed by atoms with Crippen LogP contribution >= 0.6 is 23.2 Å². The molecule has 1 aromatic carbocycles. The van der Waals surface area contributed by atoms with Crippen molar-refractivity contribution in [2.45, 2.75) is 25.4 Å². The maximum Gasteiger partial charge on any atom is 0.351 e. The van der Waals surface area contributed by atoms with E-state index in [1.165, 1.54) is 12.1 Å². The first-order valence-corrected chi connectivity index (χ1v) is 10.7. The van der Waals surface area contributed by atoms with Crippen molar-refractivity contribution in [3.8, 4) is 0 Å². The second-order valence-corrected chi connectivity index (χ2v) is 8.12. The van der Waals surface area contributed by atoms with Gasteiger partial charge in [0.25, 0.3) is 0 Å². The monoisotopic (exact) mass is 513 g/mol. The van der Waals surface area contributed by atoms with Crippen molar-refractivity contribution in [2.24, 2.45) is 0 Å². The Kier molecular flexibility index (Phi) is 8.19. The predicted molar refractivity (Wildman–Crippen MR) is 120 cm³/mol. The molecule has 12 heteroatoms. The van der Waals surface area contributed by atoms with Crippen LogP contribution in [0.5, 0.6) is 0 Å². The van der Waals surface area contributed by atoms with Gasteiger partial charge in [-0.2, -0.15) is 8.78 Å². The molecule has 0 aliphatic rings. The summed E-state index contributed by atoms with van der Waals surface area (Å²) in [5.41, 5.74) is 7.94. The van der Waals surface area contributed by atoms with Crippen molar-refractivity contribution in [3.05, 3.63) is 92.8 Å². The molecule has 0 unspecified atom stereocenters. The first-order chi connectivity index (χ1) is 16.1. The van der Waals surface area contributed by atoms with Gasteiger partial charge in [0.15, 0.2) is 11.6 Å². The van der Waals surface area contributed by atoms with Crippen LogP contribution in [-0.2, 0) is 30.2 Å². The third kappa shape index (κ3) is 6.07. The van der Waals surface area contributed by atoms with E-state index in [0.29, 0.717) is 16.1 Å². The van der Waals surface area contributed by atoms with E-state index in [9.17, 15) is 23.2 Å². The van der Waals surface area contributed by atoms with E-state index in [0.717, 1.165) is 18.5 Å². The molecule has 7 nitrogen and oxygen atoms in total. The van der Waals surface area contributed by atoms with Gasteiger partial charge >= 0.3 is 11.6 Å². The summed E-state index contributed by atoms with van der Waals surface area (Å²) in [5, 5.41) is 14.7. The molecule has 0 saturated carbocycles. The maximum absolute atomic E-state index is 15.0. The topological polar surface area (TPSA) is 102 Å². The first-order valence-electron chi connectivity index (χ1n) is 9.96. The van der Waals surface area contributed by atoms with Gasteiger partial charge in [-0.05, 0) is 23.8 Å². The van der Waals surface area contributed by atoms with Gasteiger partial charge in [0.1, 0.15) is 0 Å². The van der Waals surface area contributed by atoms with Gasteiger partial charge in [-0.15, -0.1) is 6.54 Å². The van der Waals surface area contributed by atoms with Crippen LogP contribution in [0.25, 0.3) is 5.73 Å². The van der Waals surface area contributed by atoms with Crippen LogP contribution in [0.1, 0.15) is 22.4 Å². The lowest BCUT2D eigenvalue weighted by Gasteiger charge is -2.16. The average Bonchev–Trinajstić information content (AvgIpc) is 2.80. The lowest BCUT2D eigenvalue weighted by molar-refractivity contribution is -0.913. The van der Waals surface area contributed by atoms with Crippen LogP contribution < -0.4 is 15.4 Å². The van der Waals surface area contributed by atoms with Crippen molar-refractivity contribution in [1.82, 2.24) is 10.3 Å². The predicted octanol–water partition coefficient (Wildman–Crippen LogP) is 4.67. The summed E-state index contributed by atoms with van der Waals surface area (Å²) in [6, 6.07) is 8.65. The van der Waals surface area contributed by atoms with E-state index in [2.05, 4.69) is 15.6 Å². The standard InChI is InChI=1S/C22H20Cl2F3N5O2/c23-15-5-4-13(9-28)14(7-15)10-29-19(33)8-16-17(24)11-30-21(20(16)25)31-12-22(26,27)18-3-1-2-6-32(18)34/h1-7,11,28,34H,8-10,12H2,(H,29,33)(H,30,31). The summed E-state index contributed by atoms with van der Waals surface area (Å²) in [4.78, 5) is 16.1. The average molecular weight is 514 g/mol. The third-order valence-electron chi connectivity index (χ3n) is 4.93. The number of carbonyl (C=O) groups is 1. The van der Waals surface area contributed by atoms with Crippen molar-refractivity contribution in [2.75, 3.05) is 11.9 Å². The fourth-order valence-corrected chi connectivity index (χ4v) is 3.54. The Morgan fingerprint density at radius 3 is 2.68 bits per heavy atom. The van der Waals surface area contributed by atoms with Crippen LogP contribution in [0.3, 0.4) is 0 Å². The summed E-state index contributed by atoms with van der Waals surface area (Å²) in [7, 11) is 0. The highest BCUT2D eigenvalue weighted by atomic mass is 35.5. The number of alkyl halides is 2. The fraction of sp³-hybridized carbons (Fsp3) is 0.227. The van der Waals surface area contributed by atoms with Crippen LogP contribution in [0.2, 0.25) is 10.0 Å². The highest BCUT2D eigenvalue weighted by Gasteiger charge is 2.41. The Labute approximate surface area is 203 Å². The highest BCUT2D eigenvalue weighted by molar-refractivity contribution is 6.31. The van der Waals surface area contributed by atoms with Gasteiger partial charge in [-0.1, -0.05) is 34.8 Å². The minimum Gasteiger partial charge on any atom is -0.674 e. The molecule has 2 heterocycles. The summed E-state index contributed by atoms with van der Waals surface area (Å²) in [5.74, 6) is -5.70. The SMILES string of the molecule is [NH-]Cc1ccc(Cl)cc1CNC(=O)Cc1c(Cl)cnc(NCC(F)(F)c2cccc[n+]2O)c1F. The minimum absolute atomic E-state index is 0.00783. The molecule has 0 radical (unpaired) electrons. The van der Waals surface area contributed by atoms with Crippen LogP contribution in [-0.4, -0.2) is 22.6 Å². The van der Waals surface area contributed by atoms with E-state index in [1.807, 2.05) is 0 Å². The van der Waals surface area contributed by atoms with Crippen molar-refractivity contribution >= 4 is 34.9 Å². The molecule has 0 fully saturated rings. The molecule has 0 spiro atoms. The minimum atomic E-state index is -3.56. The molecule has 0 atom stereocenters. The third-order valence-corrected chi connectivity index (χ3v) is 5.49. The number of hydrogen-bond donors (Lipinski definition) is 3. The number of nitrogens with one attached hydrogen (secondary N) is 3. The lowest BCUT2D eigenvalue weighted by Crippen LogP contribution is -2.43. The molecule has 0 aliphatic heterocycles. The van der Waals surface area contributed by atoms with Gasteiger partial charge in [-0.25, -0.2) is 9.37 Å². The van der Waals surface area contributed by atoms with Gasteiger partial charge < -0.3 is 16.4 Å². The molecule has 2 aromatic heterocycles. The van der Waals surface area contributed by atoms with E-state index in [1.54, 1.807) is 18.2 Å². The Balaban J connectivity index is 1.70. The summed E-state index contributed by atoms with van der Waals surface area (Å²) < 4.78 is 44.2. The van der Waals surface area contributed by atoms with Crippen LogP contribution in [0.15, 0.2) is 48.8 Å². The zero-order chi connectivity index (χ0) is 24.9. The van der Waals surface area contributed by atoms with E-state index >= 15 is 0 Å². The molecule has 3 aromatic rings. The van der Waals surface area contributed by atoms with Gasteiger partial charge in [0.2, 0.25) is 12.1 Å². The summed E-state index contributed by atoms with van der Waals surface area (Å²) >= 11 is 12.0. The number of carbonyl (C=O) groups excluding carboxylic acids is 1. The summed E-state index contributed by atoms with van der Waals surface area (Å²) in [6.07, 6.45) is 1.62. The molecule has 1 amide bonds. The number of pyridine rings is 2. The molecule has 4 N–H and O–H groups in total. The fourth-order valence-electron chi connectivity index (χ4n) is 3.15. The Morgan fingerprint density at radius 2 is 1.97 bits per heavy atom. The molecule has 180 valence electrons. The first kappa shape index (κ1) is 25.5. The van der Waals surface area contributed by atoms with Gasteiger partial charge in [0.05, 0.1) is 18.0 Å². The lowest BCUT2D eigenvalue weighted by atomic mass is 10.1. The number of nitrogens with zero attached hydrogens (tertiary/aromatic N) is 2. The van der Waals surface area contributed by atoms with E-state index in [4.69, 9.17) is 28.9 Å². The second kappa shape index (κ2) is 10.9. The number of halogens is 5. The maximum atomic E-state index is 15.0. The Morgan fingerprint density at radius 1 is 1.21 bits per heavy atom. The zero-order valence-corrected chi connectivity index (χ0v) is 19.1. The van der Waals surface area contributed by atoms with Gasteiger partial charge in [-0.3, -0.25) is 10.0 Å². The summed E-state index contributed by atoms with van der Waals surface area (Å²) in [6.45, 7) is -1.01. The highest BCUT2D eigenvalue weighted by Crippen LogP contribution is 2.28. The van der Waals surface area contributed by atoms with Crippen LogP contribution in [0.4, 0.5) is 19.0 Å². The zero-order valence-electron chi connectivity index (χ0n) is 17.6. The van der Waals surface area contributed by atoms with E-state index < -0.39 is 42.1 Å². The van der Waals surface area contributed by atoms with Gasteiger partial charge in [0, 0.05) is 40.2 Å². The van der Waals surface area contributed by atoms with Crippen molar-refractivity contribution in [3.63, 3.8) is 0 Å². The molecule has 3 rings (SSSR count). The Bertz CT molecular complexity index is 1200. The quantitative estimate of drug-likeness (QED) is 0.286. The largest absolute Gasteiger partial charge is 0.674 e. The van der Waals surface area contributed by atoms with Crippen molar-refractivity contribution in [1.29, 1.82) is 0 Å². The number of rotatable bonds is 9. The van der Waals surface area contributed by atoms with Crippen molar-refractivity contribution < 1.29 is 27.9 Å². The molecular weight excluding hydrogens is 494 g/mol. The van der Waals surface area contributed by atoms with Crippen LogP contribution in [0, 0.1) is 5.82 Å². The number of hydrogen-bond acceptors (Lipinski definition) is 4. The molecule has 0 bridgehead atoms. The number of anilines is 1.